The van der Waals surface area contributed by atoms with Gasteiger partial charge in [-0.15, -0.1) is 0 Å². The molecule has 2 fully saturated rings. The zero-order valence-corrected chi connectivity index (χ0v) is 12.5. The van der Waals surface area contributed by atoms with Crippen LogP contribution in [0.15, 0.2) is 18.2 Å². The van der Waals surface area contributed by atoms with Crippen LogP contribution < -0.4 is 4.90 Å². The fraction of sp³-hybridized carbons (Fsp3) is 0.462. The average Bonchev–Trinajstić information content (AvgIpc) is 2.73. The first-order valence-electron chi connectivity index (χ1n) is 6.19. The molecule has 3 rings (SSSR count). The van der Waals surface area contributed by atoms with Gasteiger partial charge in [-0.25, -0.2) is 8.42 Å². The highest BCUT2D eigenvalue weighted by atomic mass is 32.2. The number of aryl methyl sites for hydroxylation is 2. The van der Waals surface area contributed by atoms with Gasteiger partial charge in [-0.05, 0) is 37.1 Å². The monoisotopic (exact) mass is 296 g/mol. The van der Waals surface area contributed by atoms with Gasteiger partial charge in [0.05, 0.1) is 17.5 Å². The Kier molecular flexibility index (Phi) is 2.90. The highest BCUT2D eigenvalue weighted by Gasteiger charge is 2.48. The molecule has 0 unspecified atom stereocenters. The van der Waals surface area contributed by atoms with Crippen LogP contribution in [0.2, 0.25) is 0 Å². The van der Waals surface area contributed by atoms with Crippen molar-refractivity contribution in [2.24, 2.45) is 0 Å². The van der Waals surface area contributed by atoms with Crippen LogP contribution in [0.5, 0.6) is 0 Å². The van der Waals surface area contributed by atoms with E-state index in [0.29, 0.717) is 5.17 Å². The van der Waals surface area contributed by atoms with E-state index in [9.17, 15) is 8.42 Å². The fourth-order valence-corrected chi connectivity index (χ4v) is 6.48. The van der Waals surface area contributed by atoms with Gasteiger partial charge in [0.25, 0.3) is 0 Å². The molecule has 0 saturated carbocycles. The zero-order valence-electron chi connectivity index (χ0n) is 10.9. The van der Waals surface area contributed by atoms with Gasteiger partial charge in [0.1, 0.15) is 0 Å². The third kappa shape index (κ3) is 2.17. The molecular formula is C13H16N2O2S2. The number of nitrogens with zero attached hydrogens (tertiary/aromatic N) is 1. The maximum atomic E-state index is 11.7. The highest BCUT2D eigenvalue weighted by molar-refractivity contribution is 8.15. The summed E-state index contributed by atoms with van der Waals surface area (Å²) < 4.78 is 23.5. The van der Waals surface area contributed by atoms with E-state index in [4.69, 9.17) is 5.41 Å². The van der Waals surface area contributed by atoms with Crippen molar-refractivity contribution in [3.8, 4) is 0 Å². The Morgan fingerprint density at radius 1 is 1.26 bits per heavy atom. The summed E-state index contributed by atoms with van der Waals surface area (Å²) >= 11 is 1.38. The highest BCUT2D eigenvalue weighted by Crippen LogP contribution is 2.40. The van der Waals surface area contributed by atoms with E-state index in [1.54, 1.807) is 0 Å². The summed E-state index contributed by atoms with van der Waals surface area (Å²) in [5.41, 5.74) is 3.31. The number of thioether (sulfide) groups is 1. The van der Waals surface area contributed by atoms with Crippen LogP contribution in [0.4, 0.5) is 5.69 Å². The van der Waals surface area contributed by atoms with Crippen molar-refractivity contribution in [1.82, 2.24) is 0 Å². The molecule has 1 aromatic carbocycles. The standard InChI is InChI=1S/C13H16N2O2S2/c1-8-3-4-10(5-9(8)2)15-11-6-19(16,17)7-12(11)18-13(15)14/h3-5,11-12,14H,6-7H2,1-2H3/t11-,12-/m0/s1. The molecule has 19 heavy (non-hydrogen) atoms. The summed E-state index contributed by atoms with van der Waals surface area (Å²) in [5, 5.41) is 8.57. The summed E-state index contributed by atoms with van der Waals surface area (Å²) in [6, 6.07) is 5.96. The maximum Gasteiger partial charge on any atom is 0.161 e. The third-order valence-electron chi connectivity index (χ3n) is 3.85. The summed E-state index contributed by atoms with van der Waals surface area (Å²) in [6.45, 7) is 4.08. The molecule has 0 aromatic heterocycles. The zero-order chi connectivity index (χ0) is 13.8. The Labute approximate surface area is 117 Å². The number of benzene rings is 1. The molecule has 0 spiro atoms. The Hall–Kier alpha value is -1.01. The molecule has 2 atom stereocenters. The molecule has 0 aliphatic carbocycles. The van der Waals surface area contributed by atoms with Crippen molar-refractivity contribution in [3.63, 3.8) is 0 Å². The predicted molar refractivity (Wildman–Crippen MR) is 79.9 cm³/mol. The number of nitrogens with one attached hydrogen (secondary N) is 1. The molecule has 0 radical (unpaired) electrons. The lowest BCUT2D eigenvalue weighted by Crippen LogP contribution is -2.37. The van der Waals surface area contributed by atoms with Crippen molar-refractivity contribution in [2.75, 3.05) is 16.4 Å². The average molecular weight is 296 g/mol. The van der Waals surface area contributed by atoms with Crippen molar-refractivity contribution in [2.45, 2.75) is 25.1 Å². The van der Waals surface area contributed by atoms with Crippen molar-refractivity contribution in [1.29, 1.82) is 5.41 Å². The van der Waals surface area contributed by atoms with Crippen LogP contribution in [0, 0.1) is 19.3 Å². The molecule has 2 heterocycles. The van der Waals surface area contributed by atoms with E-state index < -0.39 is 9.84 Å². The minimum Gasteiger partial charge on any atom is -0.316 e. The van der Waals surface area contributed by atoms with E-state index in [-0.39, 0.29) is 22.8 Å². The summed E-state index contributed by atoms with van der Waals surface area (Å²) in [7, 11) is -2.95. The van der Waals surface area contributed by atoms with Gasteiger partial charge >= 0.3 is 0 Å². The summed E-state index contributed by atoms with van der Waals surface area (Å²) in [5.74, 6) is 0.367. The molecule has 2 aliphatic rings. The van der Waals surface area contributed by atoms with Crippen LogP contribution in [0.1, 0.15) is 11.1 Å². The van der Waals surface area contributed by atoms with Crippen molar-refractivity contribution < 1.29 is 8.42 Å². The predicted octanol–water partition coefficient (Wildman–Crippen LogP) is 1.96. The van der Waals surface area contributed by atoms with Gasteiger partial charge in [-0.3, -0.25) is 5.41 Å². The molecule has 6 heteroatoms. The molecule has 1 aromatic rings. The molecule has 102 valence electrons. The van der Waals surface area contributed by atoms with Crippen LogP contribution in [0.25, 0.3) is 0 Å². The van der Waals surface area contributed by atoms with Crippen molar-refractivity contribution >= 4 is 32.5 Å². The Bertz CT molecular complexity index is 655. The number of rotatable bonds is 1. The normalized spacial score (nSPS) is 28.7. The lowest BCUT2D eigenvalue weighted by molar-refractivity contribution is 0.601. The molecular weight excluding hydrogens is 280 g/mol. The van der Waals surface area contributed by atoms with Crippen LogP contribution in [-0.4, -0.2) is 36.4 Å². The van der Waals surface area contributed by atoms with Crippen LogP contribution >= 0.6 is 11.8 Å². The second-order valence-corrected chi connectivity index (χ2v) is 8.63. The lowest BCUT2D eigenvalue weighted by Gasteiger charge is -2.24. The van der Waals surface area contributed by atoms with E-state index in [1.165, 1.54) is 22.9 Å². The largest absolute Gasteiger partial charge is 0.316 e. The number of sulfone groups is 1. The number of hydrogen-bond acceptors (Lipinski definition) is 4. The van der Waals surface area contributed by atoms with Gasteiger partial charge < -0.3 is 4.90 Å². The van der Waals surface area contributed by atoms with E-state index in [2.05, 4.69) is 0 Å². The van der Waals surface area contributed by atoms with Gasteiger partial charge in [0.15, 0.2) is 15.0 Å². The third-order valence-corrected chi connectivity index (χ3v) is 6.99. The summed E-state index contributed by atoms with van der Waals surface area (Å²) in [6.07, 6.45) is 0. The van der Waals surface area contributed by atoms with Gasteiger partial charge in [-0.1, -0.05) is 17.8 Å². The topological polar surface area (TPSA) is 61.2 Å². The maximum absolute atomic E-state index is 11.7. The fourth-order valence-electron chi connectivity index (χ4n) is 2.69. The molecule has 4 nitrogen and oxygen atoms in total. The molecule has 2 aliphatic heterocycles. The van der Waals surface area contributed by atoms with E-state index in [1.807, 2.05) is 36.9 Å². The Morgan fingerprint density at radius 2 is 2.00 bits per heavy atom. The number of amidine groups is 1. The van der Waals surface area contributed by atoms with Gasteiger partial charge in [0.2, 0.25) is 0 Å². The first kappa shape index (κ1) is 13.0. The lowest BCUT2D eigenvalue weighted by atomic mass is 10.1. The minimum atomic E-state index is -2.95. The van der Waals surface area contributed by atoms with Crippen LogP contribution in [-0.2, 0) is 9.84 Å². The Morgan fingerprint density at radius 3 is 2.68 bits per heavy atom. The smallest absolute Gasteiger partial charge is 0.161 e. The van der Waals surface area contributed by atoms with Crippen molar-refractivity contribution in [3.05, 3.63) is 29.3 Å². The number of anilines is 1. The second-order valence-electron chi connectivity index (χ2n) is 5.24. The van der Waals surface area contributed by atoms with Gasteiger partial charge in [-0.2, -0.15) is 0 Å². The second kappa shape index (κ2) is 4.24. The first-order valence-corrected chi connectivity index (χ1v) is 8.89. The van der Waals surface area contributed by atoms with E-state index >= 15 is 0 Å². The molecule has 0 bridgehead atoms. The van der Waals surface area contributed by atoms with E-state index in [0.717, 1.165) is 5.69 Å². The summed E-state index contributed by atoms with van der Waals surface area (Å²) in [4.78, 5) is 1.88. The SMILES string of the molecule is Cc1ccc(N2C(=N)S[C@H]3CS(=O)(=O)C[C@@H]32)cc1C. The van der Waals surface area contributed by atoms with Crippen LogP contribution in [0.3, 0.4) is 0 Å². The number of fused-ring (bicyclic) bond motifs is 1. The van der Waals surface area contributed by atoms with Gasteiger partial charge in [0, 0.05) is 10.9 Å². The first-order chi connectivity index (χ1) is 8.87. The Balaban J connectivity index is 1.99. The number of hydrogen-bond donors (Lipinski definition) is 1. The quantitative estimate of drug-likeness (QED) is 0.860. The minimum absolute atomic E-state index is 0.0131. The molecule has 2 saturated heterocycles. The molecule has 0 amide bonds. The molecule has 1 N–H and O–H groups in total.